The first kappa shape index (κ1) is 12.7. The molecule has 0 fully saturated rings. The van der Waals surface area contributed by atoms with Crippen molar-refractivity contribution in [3.63, 3.8) is 0 Å². The smallest absolute Gasteiger partial charge is 0.0635 e. The third kappa shape index (κ3) is 4.32. The number of aromatic nitrogens is 2. The van der Waals surface area contributed by atoms with E-state index in [2.05, 4.69) is 26.3 Å². The SMILES string of the molecule is COCCNCCCc1c(Br)cnn1C. The van der Waals surface area contributed by atoms with Gasteiger partial charge in [-0.3, -0.25) is 4.68 Å². The summed E-state index contributed by atoms with van der Waals surface area (Å²) in [5.74, 6) is 0. The average Bonchev–Trinajstić information content (AvgIpc) is 2.54. The summed E-state index contributed by atoms with van der Waals surface area (Å²) in [6.07, 6.45) is 3.99. The Balaban J connectivity index is 2.15. The van der Waals surface area contributed by atoms with Crippen molar-refractivity contribution in [2.45, 2.75) is 12.8 Å². The number of methoxy groups -OCH3 is 1. The number of ether oxygens (including phenoxy) is 1. The fourth-order valence-corrected chi connectivity index (χ4v) is 1.94. The molecular formula is C10H18BrN3O. The molecule has 0 saturated carbocycles. The van der Waals surface area contributed by atoms with Gasteiger partial charge in [-0.2, -0.15) is 5.10 Å². The van der Waals surface area contributed by atoms with Crippen LogP contribution in [0.1, 0.15) is 12.1 Å². The first-order valence-corrected chi connectivity index (χ1v) is 5.91. The van der Waals surface area contributed by atoms with Gasteiger partial charge >= 0.3 is 0 Å². The van der Waals surface area contributed by atoms with Crippen molar-refractivity contribution in [2.24, 2.45) is 7.05 Å². The molecule has 5 heteroatoms. The molecule has 0 aliphatic heterocycles. The summed E-state index contributed by atoms with van der Waals surface area (Å²) < 4.78 is 7.96. The number of rotatable bonds is 7. The monoisotopic (exact) mass is 275 g/mol. The number of hydrogen-bond donors (Lipinski definition) is 1. The van der Waals surface area contributed by atoms with Crippen LogP contribution < -0.4 is 5.32 Å². The van der Waals surface area contributed by atoms with Crippen molar-refractivity contribution in [2.75, 3.05) is 26.8 Å². The zero-order valence-electron chi connectivity index (χ0n) is 9.29. The zero-order chi connectivity index (χ0) is 11.1. The molecule has 0 amide bonds. The summed E-state index contributed by atoms with van der Waals surface area (Å²) in [7, 11) is 3.69. The predicted octanol–water partition coefficient (Wildman–Crippen LogP) is 1.35. The van der Waals surface area contributed by atoms with E-state index in [1.165, 1.54) is 5.69 Å². The minimum atomic E-state index is 0.773. The molecule has 1 heterocycles. The van der Waals surface area contributed by atoms with E-state index in [-0.39, 0.29) is 0 Å². The molecule has 1 aromatic rings. The molecule has 0 aliphatic rings. The average molecular weight is 276 g/mol. The molecule has 0 spiro atoms. The van der Waals surface area contributed by atoms with Crippen LogP contribution in [0.3, 0.4) is 0 Å². The molecule has 0 unspecified atom stereocenters. The lowest BCUT2D eigenvalue weighted by Gasteiger charge is -2.05. The Kier molecular flexibility index (Phi) is 5.90. The highest BCUT2D eigenvalue weighted by atomic mass is 79.9. The molecular weight excluding hydrogens is 258 g/mol. The lowest BCUT2D eigenvalue weighted by molar-refractivity contribution is 0.199. The summed E-state index contributed by atoms with van der Waals surface area (Å²) in [6.45, 7) is 2.71. The van der Waals surface area contributed by atoms with Crippen LogP contribution in [0.15, 0.2) is 10.7 Å². The Morgan fingerprint density at radius 1 is 1.53 bits per heavy atom. The van der Waals surface area contributed by atoms with E-state index < -0.39 is 0 Å². The Hall–Kier alpha value is -0.390. The van der Waals surface area contributed by atoms with Gasteiger partial charge in [-0.25, -0.2) is 0 Å². The van der Waals surface area contributed by atoms with Gasteiger partial charge in [-0.1, -0.05) is 0 Å². The fourth-order valence-electron chi connectivity index (χ4n) is 1.40. The Morgan fingerprint density at radius 3 is 2.93 bits per heavy atom. The van der Waals surface area contributed by atoms with Crippen LogP contribution in [0, 0.1) is 0 Å². The second kappa shape index (κ2) is 6.98. The maximum atomic E-state index is 4.95. The molecule has 0 aromatic carbocycles. The maximum absolute atomic E-state index is 4.95. The van der Waals surface area contributed by atoms with E-state index in [0.717, 1.165) is 37.0 Å². The van der Waals surface area contributed by atoms with Crippen molar-refractivity contribution in [3.8, 4) is 0 Å². The van der Waals surface area contributed by atoms with Crippen molar-refractivity contribution in [3.05, 3.63) is 16.4 Å². The number of nitrogens with zero attached hydrogens (tertiary/aromatic N) is 2. The van der Waals surface area contributed by atoms with E-state index >= 15 is 0 Å². The van der Waals surface area contributed by atoms with Gasteiger partial charge in [-0.05, 0) is 35.3 Å². The second-order valence-corrected chi connectivity index (χ2v) is 4.26. The van der Waals surface area contributed by atoms with E-state index in [9.17, 15) is 0 Å². The van der Waals surface area contributed by atoms with Crippen LogP contribution in [0.25, 0.3) is 0 Å². The van der Waals surface area contributed by atoms with Crippen molar-refractivity contribution < 1.29 is 4.74 Å². The molecule has 0 aliphatic carbocycles. The zero-order valence-corrected chi connectivity index (χ0v) is 10.9. The van der Waals surface area contributed by atoms with Crippen LogP contribution in [-0.4, -0.2) is 36.6 Å². The standard InChI is InChI=1S/C10H18BrN3O/c1-14-10(9(11)8-13-14)4-3-5-12-6-7-15-2/h8,12H,3-7H2,1-2H3. The van der Waals surface area contributed by atoms with Crippen LogP contribution in [-0.2, 0) is 18.2 Å². The van der Waals surface area contributed by atoms with Gasteiger partial charge < -0.3 is 10.1 Å². The van der Waals surface area contributed by atoms with Gasteiger partial charge in [0, 0.05) is 20.7 Å². The van der Waals surface area contributed by atoms with Crippen LogP contribution in [0.2, 0.25) is 0 Å². The second-order valence-electron chi connectivity index (χ2n) is 3.41. The van der Waals surface area contributed by atoms with Gasteiger partial charge in [-0.15, -0.1) is 0 Å². The first-order chi connectivity index (χ1) is 7.25. The first-order valence-electron chi connectivity index (χ1n) is 5.11. The number of hydrogen-bond acceptors (Lipinski definition) is 3. The summed E-state index contributed by atoms with van der Waals surface area (Å²) in [5.41, 5.74) is 1.25. The van der Waals surface area contributed by atoms with Crippen molar-refractivity contribution >= 4 is 15.9 Å². The predicted molar refractivity (Wildman–Crippen MR) is 64.0 cm³/mol. The summed E-state index contributed by atoms with van der Waals surface area (Å²) in [6, 6.07) is 0. The lowest BCUT2D eigenvalue weighted by atomic mass is 10.2. The van der Waals surface area contributed by atoms with E-state index in [0.29, 0.717) is 0 Å². The normalized spacial score (nSPS) is 10.9. The maximum Gasteiger partial charge on any atom is 0.0635 e. The Labute approximate surface area is 99.1 Å². The summed E-state index contributed by atoms with van der Waals surface area (Å²) >= 11 is 3.49. The highest BCUT2D eigenvalue weighted by Crippen LogP contribution is 2.16. The molecule has 1 N–H and O–H groups in total. The van der Waals surface area contributed by atoms with Crippen LogP contribution in [0.5, 0.6) is 0 Å². The van der Waals surface area contributed by atoms with Crippen LogP contribution >= 0.6 is 15.9 Å². The lowest BCUT2D eigenvalue weighted by Crippen LogP contribution is -2.20. The summed E-state index contributed by atoms with van der Waals surface area (Å²) in [5, 5.41) is 7.49. The molecule has 0 atom stereocenters. The van der Waals surface area contributed by atoms with E-state index in [1.807, 2.05) is 17.9 Å². The Morgan fingerprint density at radius 2 is 2.33 bits per heavy atom. The van der Waals surface area contributed by atoms with E-state index in [4.69, 9.17) is 4.74 Å². The molecule has 15 heavy (non-hydrogen) atoms. The highest BCUT2D eigenvalue weighted by molar-refractivity contribution is 9.10. The van der Waals surface area contributed by atoms with E-state index in [1.54, 1.807) is 7.11 Å². The molecule has 0 radical (unpaired) electrons. The highest BCUT2D eigenvalue weighted by Gasteiger charge is 2.04. The molecule has 0 saturated heterocycles. The minimum Gasteiger partial charge on any atom is -0.383 e. The van der Waals surface area contributed by atoms with Crippen molar-refractivity contribution in [1.82, 2.24) is 15.1 Å². The molecule has 1 rings (SSSR count). The number of nitrogens with one attached hydrogen (secondary N) is 1. The van der Waals surface area contributed by atoms with Gasteiger partial charge in [0.05, 0.1) is 23.0 Å². The van der Waals surface area contributed by atoms with Gasteiger partial charge in [0.2, 0.25) is 0 Å². The molecule has 4 nitrogen and oxygen atoms in total. The van der Waals surface area contributed by atoms with Gasteiger partial charge in [0.15, 0.2) is 0 Å². The fraction of sp³-hybridized carbons (Fsp3) is 0.700. The number of aryl methyl sites for hydroxylation is 1. The number of halogens is 1. The quantitative estimate of drug-likeness (QED) is 0.764. The van der Waals surface area contributed by atoms with Crippen LogP contribution in [0.4, 0.5) is 0 Å². The Bertz CT molecular complexity index is 269. The topological polar surface area (TPSA) is 39.1 Å². The van der Waals surface area contributed by atoms with Gasteiger partial charge in [0.1, 0.15) is 0 Å². The largest absolute Gasteiger partial charge is 0.383 e. The molecule has 1 aromatic heterocycles. The third-order valence-corrected chi connectivity index (χ3v) is 2.92. The third-order valence-electron chi connectivity index (χ3n) is 2.26. The van der Waals surface area contributed by atoms with Gasteiger partial charge in [0.25, 0.3) is 0 Å². The molecule has 86 valence electrons. The summed E-state index contributed by atoms with van der Waals surface area (Å²) in [4.78, 5) is 0. The molecule has 0 bridgehead atoms. The minimum absolute atomic E-state index is 0.773. The van der Waals surface area contributed by atoms with Crippen molar-refractivity contribution in [1.29, 1.82) is 0 Å².